The summed E-state index contributed by atoms with van der Waals surface area (Å²) in [5.41, 5.74) is -0.231. The minimum absolute atomic E-state index is 0.211. The number of nitrogens with zero attached hydrogens (tertiary/aromatic N) is 1. The van der Waals surface area contributed by atoms with Gasteiger partial charge in [0.25, 0.3) is 5.56 Å². The van der Waals surface area contributed by atoms with Crippen LogP contribution in [0.3, 0.4) is 0 Å². The molecule has 1 aromatic heterocycles. The Labute approximate surface area is 92.8 Å². The van der Waals surface area contributed by atoms with Gasteiger partial charge >= 0.3 is 0 Å². The van der Waals surface area contributed by atoms with Crippen LogP contribution in [0.1, 0.15) is 0 Å². The number of methoxy groups -OCH3 is 2. The van der Waals surface area contributed by atoms with Crippen LogP contribution in [0.5, 0.6) is 0 Å². The molecule has 0 fully saturated rings. The summed E-state index contributed by atoms with van der Waals surface area (Å²) in [5.74, 6) is 0.404. The van der Waals surface area contributed by atoms with Gasteiger partial charge in [-0.25, -0.2) is 0 Å². The Balaban J connectivity index is 3.00. The van der Waals surface area contributed by atoms with Gasteiger partial charge in [-0.05, 0) is 6.07 Å². The summed E-state index contributed by atoms with van der Waals surface area (Å²) in [7, 11) is 2.96. The zero-order valence-electron chi connectivity index (χ0n) is 9.17. The molecule has 0 spiro atoms. The Morgan fingerprint density at radius 1 is 1.44 bits per heavy atom. The molecule has 1 rings (SSSR count). The maximum Gasteiger partial charge on any atom is 0.252 e. The first-order valence-corrected chi connectivity index (χ1v) is 4.68. The molecule has 0 saturated heterocycles. The molecule has 88 valence electrons. The van der Waals surface area contributed by atoms with Crippen molar-refractivity contribution in [2.75, 3.05) is 19.5 Å². The Kier molecular flexibility index (Phi) is 4.68. The van der Waals surface area contributed by atoms with Crippen molar-refractivity contribution in [3.05, 3.63) is 28.6 Å². The quantitative estimate of drug-likeness (QED) is 0.549. The third-order valence-corrected chi connectivity index (χ3v) is 2.11. The van der Waals surface area contributed by atoms with Gasteiger partial charge in [0.05, 0.1) is 6.54 Å². The van der Waals surface area contributed by atoms with Gasteiger partial charge in [0.2, 0.25) is 6.41 Å². The van der Waals surface area contributed by atoms with Crippen molar-refractivity contribution in [3.63, 3.8) is 0 Å². The summed E-state index contributed by atoms with van der Waals surface area (Å²) in [5, 5.41) is 2.44. The first-order valence-electron chi connectivity index (χ1n) is 4.68. The van der Waals surface area contributed by atoms with Crippen molar-refractivity contribution >= 4 is 12.2 Å². The monoisotopic (exact) mass is 226 g/mol. The lowest BCUT2D eigenvalue weighted by molar-refractivity contribution is -0.111. The maximum absolute atomic E-state index is 11.6. The second kappa shape index (κ2) is 6.04. The molecule has 0 aliphatic heterocycles. The van der Waals surface area contributed by atoms with Crippen LogP contribution in [0.4, 0.5) is 5.82 Å². The molecule has 0 aliphatic rings. The maximum atomic E-state index is 11.6. The summed E-state index contributed by atoms with van der Waals surface area (Å²) in [4.78, 5) is 22.0. The molecule has 16 heavy (non-hydrogen) atoms. The predicted molar refractivity (Wildman–Crippen MR) is 58.2 cm³/mol. The van der Waals surface area contributed by atoms with Gasteiger partial charge in [-0.3, -0.25) is 14.2 Å². The Bertz CT molecular complexity index is 398. The molecule has 1 amide bonds. The summed E-state index contributed by atoms with van der Waals surface area (Å²) >= 11 is 0. The lowest BCUT2D eigenvalue weighted by Crippen LogP contribution is -2.30. The van der Waals surface area contributed by atoms with E-state index in [9.17, 15) is 9.59 Å². The van der Waals surface area contributed by atoms with E-state index in [0.717, 1.165) is 0 Å². The summed E-state index contributed by atoms with van der Waals surface area (Å²) in [6.07, 6.45) is -0.0211. The van der Waals surface area contributed by atoms with Gasteiger partial charge in [0.15, 0.2) is 6.29 Å². The number of carbonyl (C=O) groups is 1. The highest BCUT2D eigenvalue weighted by molar-refractivity contribution is 5.68. The van der Waals surface area contributed by atoms with Gasteiger partial charge in [-0.2, -0.15) is 0 Å². The molecule has 0 aliphatic carbocycles. The van der Waals surface area contributed by atoms with Crippen molar-refractivity contribution in [3.8, 4) is 0 Å². The lowest BCUT2D eigenvalue weighted by atomic mass is 10.4. The van der Waals surface area contributed by atoms with Crippen molar-refractivity contribution in [2.24, 2.45) is 0 Å². The van der Waals surface area contributed by atoms with Crippen LogP contribution in [0.15, 0.2) is 23.0 Å². The summed E-state index contributed by atoms with van der Waals surface area (Å²) < 4.78 is 11.4. The average molecular weight is 226 g/mol. The van der Waals surface area contributed by atoms with Crippen molar-refractivity contribution < 1.29 is 14.3 Å². The van der Waals surface area contributed by atoms with Crippen LogP contribution < -0.4 is 10.9 Å². The molecule has 0 radical (unpaired) electrons. The van der Waals surface area contributed by atoms with Crippen LogP contribution >= 0.6 is 0 Å². The lowest BCUT2D eigenvalue weighted by Gasteiger charge is -2.17. The number of hydrogen-bond acceptors (Lipinski definition) is 4. The molecule has 0 saturated carbocycles. The molecule has 0 atom stereocenters. The SMILES string of the molecule is COC(Cn1c(NC=O)cccc1=O)OC. The molecule has 0 unspecified atom stereocenters. The highest BCUT2D eigenvalue weighted by Crippen LogP contribution is 2.05. The Hall–Kier alpha value is -1.66. The van der Waals surface area contributed by atoms with Gasteiger partial charge in [-0.15, -0.1) is 0 Å². The van der Waals surface area contributed by atoms with Gasteiger partial charge in [0.1, 0.15) is 5.82 Å². The molecule has 1 aromatic rings. The van der Waals surface area contributed by atoms with Crippen molar-refractivity contribution in [1.82, 2.24) is 4.57 Å². The predicted octanol–water partition coefficient (Wildman–Crippen LogP) is 0.0355. The topological polar surface area (TPSA) is 69.6 Å². The largest absolute Gasteiger partial charge is 0.354 e. The number of hydrogen-bond donors (Lipinski definition) is 1. The van der Waals surface area contributed by atoms with E-state index in [2.05, 4.69) is 5.32 Å². The zero-order valence-corrected chi connectivity index (χ0v) is 9.17. The summed E-state index contributed by atoms with van der Waals surface area (Å²) in [6, 6.07) is 4.59. The third kappa shape index (κ3) is 2.91. The molecular weight excluding hydrogens is 212 g/mol. The van der Waals surface area contributed by atoms with E-state index >= 15 is 0 Å². The molecule has 0 aromatic carbocycles. The van der Waals surface area contributed by atoms with Crippen molar-refractivity contribution in [2.45, 2.75) is 12.8 Å². The molecule has 6 nitrogen and oxygen atoms in total. The number of ether oxygens (including phenoxy) is 2. The highest BCUT2D eigenvalue weighted by atomic mass is 16.7. The van der Waals surface area contributed by atoms with E-state index in [1.165, 1.54) is 24.9 Å². The average Bonchev–Trinajstić information content (AvgIpc) is 2.29. The number of pyridine rings is 1. The van der Waals surface area contributed by atoms with E-state index in [-0.39, 0.29) is 12.1 Å². The van der Waals surface area contributed by atoms with Gasteiger partial charge in [-0.1, -0.05) is 6.07 Å². The number of carbonyl (C=O) groups excluding carboxylic acids is 1. The highest BCUT2D eigenvalue weighted by Gasteiger charge is 2.10. The second-order valence-electron chi connectivity index (χ2n) is 3.02. The molecule has 6 heteroatoms. The minimum atomic E-state index is -0.535. The molecule has 0 bridgehead atoms. The van der Waals surface area contributed by atoms with E-state index < -0.39 is 6.29 Å². The number of rotatable bonds is 6. The van der Waals surface area contributed by atoms with Crippen LogP contribution in [0, 0.1) is 0 Å². The van der Waals surface area contributed by atoms with E-state index in [0.29, 0.717) is 12.2 Å². The Morgan fingerprint density at radius 2 is 2.12 bits per heavy atom. The van der Waals surface area contributed by atoms with Gasteiger partial charge in [0, 0.05) is 20.3 Å². The number of aromatic nitrogens is 1. The van der Waals surface area contributed by atoms with E-state index in [1.807, 2.05) is 0 Å². The molecule has 1 heterocycles. The standard InChI is InChI=1S/C10H14N2O4/c1-15-10(16-2)6-12-8(11-7-13)4-3-5-9(12)14/h3-5,7,10H,6H2,1-2H3,(H,11,13). The van der Waals surface area contributed by atoms with E-state index in [1.54, 1.807) is 12.1 Å². The Morgan fingerprint density at radius 3 is 2.69 bits per heavy atom. The summed E-state index contributed by atoms with van der Waals surface area (Å²) in [6.45, 7) is 0.211. The second-order valence-corrected chi connectivity index (χ2v) is 3.02. The fourth-order valence-electron chi connectivity index (χ4n) is 1.29. The van der Waals surface area contributed by atoms with Gasteiger partial charge < -0.3 is 14.8 Å². The normalized spacial score (nSPS) is 10.4. The van der Waals surface area contributed by atoms with E-state index in [4.69, 9.17) is 9.47 Å². The smallest absolute Gasteiger partial charge is 0.252 e. The first kappa shape index (κ1) is 12.4. The first-order chi connectivity index (χ1) is 7.72. The number of nitrogens with one attached hydrogen (secondary N) is 1. The van der Waals surface area contributed by atoms with Crippen LogP contribution in [0.2, 0.25) is 0 Å². The minimum Gasteiger partial charge on any atom is -0.354 e. The van der Waals surface area contributed by atoms with Crippen LogP contribution in [-0.2, 0) is 20.8 Å². The molecular formula is C10H14N2O4. The fraction of sp³-hybridized carbons (Fsp3) is 0.400. The number of anilines is 1. The van der Waals surface area contributed by atoms with Crippen molar-refractivity contribution in [1.29, 1.82) is 0 Å². The molecule has 1 N–H and O–H groups in total. The zero-order chi connectivity index (χ0) is 12.0. The van der Waals surface area contributed by atoms with Crippen LogP contribution in [-0.4, -0.2) is 31.5 Å². The fourth-order valence-corrected chi connectivity index (χ4v) is 1.29. The number of amides is 1. The van der Waals surface area contributed by atoms with Crippen LogP contribution in [0.25, 0.3) is 0 Å². The third-order valence-electron chi connectivity index (χ3n) is 2.11.